The molecule has 4 aromatic rings. The van der Waals surface area contributed by atoms with Crippen molar-refractivity contribution in [2.75, 3.05) is 19.5 Å². The Morgan fingerprint density at radius 3 is 2.40 bits per heavy atom. The zero-order chi connectivity index (χ0) is 24.8. The van der Waals surface area contributed by atoms with E-state index in [9.17, 15) is 14.7 Å². The van der Waals surface area contributed by atoms with E-state index < -0.39 is 5.97 Å². The van der Waals surface area contributed by atoms with Crippen LogP contribution in [0.25, 0.3) is 10.4 Å². The maximum Gasteiger partial charge on any atom is 0.335 e. The van der Waals surface area contributed by atoms with Crippen LogP contribution in [0.4, 0.5) is 5.82 Å². The lowest BCUT2D eigenvalue weighted by Gasteiger charge is -2.14. The van der Waals surface area contributed by atoms with Crippen molar-refractivity contribution in [3.63, 3.8) is 0 Å². The molecule has 0 saturated heterocycles. The van der Waals surface area contributed by atoms with E-state index >= 15 is 0 Å². The summed E-state index contributed by atoms with van der Waals surface area (Å²) in [5, 5.41) is 12.3. The Labute approximate surface area is 205 Å². The zero-order valence-corrected chi connectivity index (χ0v) is 19.8. The van der Waals surface area contributed by atoms with Gasteiger partial charge < -0.3 is 24.6 Å². The first kappa shape index (κ1) is 23.8. The highest BCUT2D eigenvalue weighted by atomic mass is 32.1. The van der Waals surface area contributed by atoms with Gasteiger partial charge in [-0.1, -0.05) is 18.2 Å². The smallest absolute Gasteiger partial charge is 0.335 e. The number of thiazole rings is 1. The normalized spacial score (nSPS) is 10.5. The lowest BCUT2D eigenvalue weighted by molar-refractivity contribution is 0.0696. The minimum Gasteiger partial charge on any atom is -0.497 e. The molecule has 0 aliphatic carbocycles. The number of rotatable bonds is 9. The lowest BCUT2D eigenvalue weighted by atomic mass is 10.1. The molecule has 0 unspecified atom stereocenters. The molecule has 0 radical (unpaired) electrons. The summed E-state index contributed by atoms with van der Waals surface area (Å²) in [6, 6.07) is 18.7. The van der Waals surface area contributed by atoms with Crippen molar-refractivity contribution in [1.29, 1.82) is 0 Å². The number of hydrogen-bond donors (Lipinski definition) is 2. The van der Waals surface area contributed by atoms with Gasteiger partial charge in [0.1, 0.15) is 23.9 Å². The summed E-state index contributed by atoms with van der Waals surface area (Å²) in [5.41, 5.74) is 3.54. The van der Waals surface area contributed by atoms with Crippen LogP contribution >= 0.6 is 11.3 Å². The lowest BCUT2D eigenvalue weighted by Crippen LogP contribution is -2.12. The van der Waals surface area contributed by atoms with Gasteiger partial charge in [-0.15, -0.1) is 11.3 Å². The number of hydrogen-bond acceptors (Lipinski definition) is 7. The first-order valence-corrected chi connectivity index (χ1v) is 11.4. The Morgan fingerprint density at radius 2 is 1.69 bits per heavy atom. The predicted octanol–water partition coefficient (Wildman–Crippen LogP) is 5.36. The average molecular weight is 491 g/mol. The molecule has 9 heteroatoms. The van der Waals surface area contributed by atoms with Gasteiger partial charge in [0.25, 0.3) is 5.91 Å². The minimum absolute atomic E-state index is 0.0807. The molecule has 0 bridgehead atoms. The van der Waals surface area contributed by atoms with Crippen molar-refractivity contribution >= 4 is 29.0 Å². The fourth-order valence-corrected chi connectivity index (χ4v) is 4.16. The van der Waals surface area contributed by atoms with Crippen molar-refractivity contribution in [3.8, 4) is 27.7 Å². The van der Waals surface area contributed by atoms with Crippen molar-refractivity contribution in [3.05, 3.63) is 88.9 Å². The second-order valence-electron chi connectivity index (χ2n) is 7.33. The number of nitrogens with one attached hydrogen (secondary N) is 1. The van der Waals surface area contributed by atoms with Gasteiger partial charge in [-0.2, -0.15) is 0 Å². The molecule has 178 valence electrons. The summed E-state index contributed by atoms with van der Waals surface area (Å²) in [5.74, 6) is 0.593. The van der Waals surface area contributed by atoms with Crippen LogP contribution in [0, 0.1) is 0 Å². The number of aromatic carboxylic acids is 1. The summed E-state index contributed by atoms with van der Waals surface area (Å²) in [4.78, 5) is 29.3. The molecule has 0 aliphatic rings. The average Bonchev–Trinajstić information content (AvgIpc) is 3.35. The van der Waals surface area contributed by atoms with Gasteiger partial charge in [0, 0.05) is 16.7 Å². The number of amides is 1. The van der Waals surface area contributed by atoms with Crippen LogP contribution < -0.4 is 19.5 Å². The zero-order valence-electron chi connectivity index (χ0n) is 19.0. The molecule has 3 aromatic carbocycles. The number of carboxylic acid groups (broad SMARTS) is 1. The van der Waals surface area contributed by atoms with Crippen LogP contribution in [0.1, 0.15) is 26.3 Å². The highest BCUT2D eigenvalue weighted by molar-refractivity contribution is 7.14. The minimum atomic E-state index is -1.07. The Kier molecular flexibility index (Phi) is 7.27. The number of carboxylic acids is 1. The van der Waals surface area contributed by atoms with Crippen molar-refractivity contribution in [2.45, 2.75) is 6.61 Å². The number of para-hydroxylation sites is 1. The van der Waals surface area contributed by atoms with Crippen molar-refractivity contribution in [1.82, 2.24) is 4.98 Å². The fraction of sp³-hybridized carbons (Fsp3) is 0.115. The van der Waals surface area contributed by atoms with E-state index in [1.807, 2.05) is 24.3 Å². The van der Waals surface area contributed by atoms with Gasteiger partial charge >= 0.3 is 5.97 Å². The predicted molar refractivity (Wildman–Crippen MR) is 133 cm³/mol. The Morgan fingerprint density at radius 1 is 0.943 bits per heavy atom. The van der Waals surface area contributed by atoms with Crippen LogP contribution in [0.2, 0.25) is 0 Å². The number of carbonyl (C=O) groups is 2. The van der Waals surface area contributed by atoms with Gasteiger partial charge in [-0.3, -0.25) is 4.79 Å². The number of ether oxygens (including phenoxy) is 3. The summed E-state index contributed by atoms with van der Waals surface area (Å²) < 4.78 is 16.6. The molecule has 2 N–H and O–H groups in total. The number of nitrogens with zero attached hydrogens (tertiary/aromatic N) is 1. The molecule has 0 atom stereocenters. The van der Waals surface area contributed by atoms with E-state index in [2.05, 4.69) is 10.3 Å². The Balaban J connectivity index is 1.64. The van der Waals surface area contributed by atoms with Gasteiger partial charge in [0.15, 0.2) is 5.82 Å². The third-order valence-electron chi connectivity index (χ3n) is 5.20. The van der Waals surface area contributed by atoms with Crippen molar-refractivity contribution < 1.29 is 28.9 Å². The fourth-order valence-electron chi connectivity index (χ4n) is 3.39. The Hall–Kier alpha value is -4.37. The van der Waals surface area contributed by atoms with E-state index in [4.69, 9.17) is 14.2 Å². The van der Waals surface area contributed by atoms with Gasteiger partial charge in [0.2, 0.25) is 0 Å². The molecule has 0 spiro atoms. The quantitative estimate of drug-likeness (QED) is 0.325. The van der Waals surface area contributed by atoms with Gasteiger partial charge in [0.05, 0.1) is 30.2 Å². The number of anilines is 1. The van der Waals surface area contributed by atoms with E-state index in [0.717, 1.165) is 5.56 Å². The third kappa shape index (κ3) is 5.42. The first-order chi connectivity index (χ1) is 17.0. The number of methoxy groups -OCH3 is 2. The molecule has 0 fully saturated rings. The molecule has 0 aliphatic heterocycles. The summed E-state index contributed by atoms with van der Waals surface area (Å²) >= 11 is 1.31. The number of aromatic nitrogens is 1. The molecular weight excluding hydrogens is 468 g/mol. The standard InChI is InChI=1S/C26H22N2O6S/c1-32-19-10-7-16(8-11-19)25(29)28-24-23(35-15-27-24)20-12-9-17(26(30)31)13-22(20)34-14-18-5-3-4-6-21(18)33-2/h3-13,15H,14H2,1-2H3,(H,28,29)(H,30,31). The van der Waals surface area contributed by atoms with E-state index in [1.165, 1.54) is 23.5 Å². The number of carbonyl (C=O) groups excluding carboxylic acids is 1. The summed E-state index contributed by atoms with van der Waals surface area (Å²) in [7, 11) is 3.13. The molecule has 8 nitrogen and oxygen atoms in total. The third-order valence-corrected chi connectivity index (χ3v) is 6.06. The second-order valence-corrected chi connectivity index (χ2v) is 8.18. The van der Waals surface area contributed by atoms with Gasteiger partial charge in [-0.05, 0) is 48.5 Å². The Bertz CT molecular complexity index is 1350. The summed E-state index contributed by atoms with van der Waals surface area (Å²) in [6.45, 7) is 0.159. The maximum absolute atomic E-state index is 12.8. The molecule has 0 saturated carbocycles. The number of benzene rings is 3. The van der Waals surface area contributed by atoms with Crippen molar-refractivity contribution in [2.24, 2.45) is 0 Å². The molecule has 1 heterocycles. The molecule has 1 aromatic heterocycles. The largest absolute Gasteiger partial charge is 0.497 e. The first-order valence-electron chi connectivity index (χ1n) is 10.5. The van der Waals surface area contributed by atoms with E-state index in [1.54, 1.807) is 50.1 Å². The molecule has 1 amide bonds. The summed E-state index contributed by atoms with van der Waals surface area (Å²) in [6.07, 6.45) is 0. The maximum atomic E-state index is 12.8. The van der Waals surface area contributed by atoms with Crippen LogP contribution in [0.3, 0.4) is 0 Å². The van der Waals surface area contributed by atoms with E-state index in [0.29, 0.717) is 39.1 Å². The van der Waals surface area contributed by atoms with E-state index in [-0.39, 0.29) is 18.1 Å². The van der Waals surface area contributed by atoms with Crippen LogP contribution in [0.15, 0.2) is 72.2 Å². The SMILES string of the molecule is COc1ccc(C(=O)Nc2ncsc2-c2ccc(C(=O)O)cc2OCc2ccccc2OC)cc1. The second kappa shape index (κ2) is 10.7. The van der Waals surface area contributed by atoms with Crippen LogP contribution in [-0.2, 0) is 6.61 Å². The van der Waals surface area contributed by atoms with Crippen LogP contribution in [0.5, 0.6) is 17.2 Å². The highest BCUT2D eigenvalue weighted by Gasteiger charge is 2.19. The molecule has 35 heavy (non-hydrogen) atoms. The highest BCUT2D eigenvalue weighted by Crippen LogP contribution is 2.39. The topological polar surface area (TPSA) is 107 Å². The molecular formula is C26H22N2O6S. The van der Waals surface area contributed by atoms with Crippen LogP contribution in [-0.4, -0.2) is 36.2 Å². The molecule has 4 rings (SSSR count). The monoisotopic (exact) mass is 490 g/mol. The van der Waals surface area contributed by atoms with Gasteiger partial charge in [-0.25, -0.2) is 9.78 Å².